The summed E-state index contributed by atoms with van der Waals surface area (Å²) < 4.78 is 1.75. The number of hydrogen-bond donors (Lipinski definition) is 2. The van der Waals surface area contributed by atoms with Gasteiger partial charge >= 0.3 is 0 Å². The summed E-state index contributed by atoms with van der Waals surface area (Å²) in [6.45, 7) is 7.74. The van der Waals surface area contributed by atoms with Gasteiger partial charge in [0.2, 0.25) is 0 Å². The zero-order chi connectivity index (χ0) is 11.6. The number of nitrogens with zero attached hydrogens (tertiary/aromatic N) is 1. The van der Waals surface area contributed by atoms with Crippen molar-refractivity contribution in [3.63, 3.8) is 0 Å². The van der Waals surface area contributed by atoms with E-state index in [-0.39, 0.29) is 11.8 Å². The Morgan fingerprint density at radius 1 is 1.33 bits per heavy atom. The van der Waals surface area contributed by atoms with Crippen molar-refractivity contribution in [3.8, 4) is 0 Å². The molecule has 0 bridgehead atoms. The van der Waals surface area contributed by atoms with Gasteiger partial charge in [-0.3, -0.25) is 14.9 Å². The van der Waals surface area contributed by atoms with Gasteiger partial charge in [0.25, 0.3) is 5.91 Å². The SMILES string of the molecule is Cc1ccc(C)n1NC(=O)C(N)C(C)C. The minimum Gasteiger partial charge on any atom is -0.320 e. The number of carbonyl (C=O) groups excluding carboxylic acids is 1. The Hall–Kier alpha value is -1.29. The number of hydrogen-bond acceptors (Lipinski definition) is 2. The molecule has 0 radical (unpaired) electrons. The number of aromatic nitrogens is 1. The van der Waals surface area contributed by atoms with Crippen molar-refractivity contribution in [2.75, 3.05) is 5.43 Å². The Morgan fingerprint density at radius 2 is 1.80 bits per heavy atom. The molecule has 15 heavy (non-hydrogen) atoms. The largest absolute Gasteiger partial charge is 0.320 e. The van der Waals surface area contributed by atoms with Crippen molar-refractivity contribution in [2.45, 2.75) is 33.7 Å². The molecule has 1 unspecified atom stereocenters. The maximum atomic E-state index is 11.7. The fourth-order valence-electron chi connectivity index (χ4n) is 1.33. The van der Waals surface area contributed by atoms with E-state index in [4.69, 9.17) is 5.73 Å². The van der Waals surface area contributed by atoms with E-state index in [0.717, 1.165) is 11.4 Å². The van der Waals surface area contributed by atoms with Gasteiger partial charge in [-0.25, -0.2) is 0 Å². The highest BCUT2D eigenvalue weighted by Gasteiger charge is 2.17. The predicted molar refractivity (Wildman–Crippen MR) is 61.1 cm³/mol. The van der Waals surface area contributed by atoms with Crippen LogP contribution < -0.4 is 11.2 Å². The van der Waals surface area contributed by atoms with Gasteiger partial charge in [-0.05, 0) is 31.9 Å². The quantitative estimate of drug-likeness (QED) is 0.784. The van der Waals surface area contributed by atoms with Gasteiger partial charge in [0.05, 0.1) is 6.04 Å². The van der Waals surface area contributed by atoms with Crippen molar-refractivity contribution < 1.29 is 4.79 Å². The molecule has 84 valence electrons. The molecule has 0 fully saturated rings. The van der Waals surface area contributed by atoms with E-state index in [0.29, 0.717) is 0 Å². The molecule has 1 aromatic heterocycles. The summed E-state index contributed by atoms with van der Waals surface area (Å²) >= 11 is 0. The Bertz CT molecular complexity index is 335. The van der Waals surface area contributed by atoms with Crippen LogP contribution in [0.2, 0.25) is 0 Å². The van der Waals surface area contributed by atoms with E-state index < -0.39 is 6.04 Å². The molecule has 0 aromatic carbocycles. The third-order valence-corrected chi connectivity index (χ3v) is 2.51. The maximum absolute atomic E-state index is 11.7. The van der Waals surface area contributed by atoms with Gasteiger partial charge in [-0.1, -0.05) is 13.8 Å². The number of rotatable bonds is 3. The zero-order valence-corrected chi connectivity index (χ0v) is 9.74. The van der Waals surface area contributed by atoms with Crippen LogP contribution in [0.5, 0.6) is 0 Å². The summed E-state index contributed by atoms with van der Waals surface area (Å²) in [6, 6.07) is 3.44. The van der Waals surface area contributed by atoms with Crippen molar-refractivity contribution in [2.24, 2.45) is 11.7 Å². The second-order valence-electron chi connectivity index (χ2n) is 4.20. The molecule has 1 heterocycles. The topological polar surface area (TPSA) is 60.0 Å². The summed E-state index contributed by atoms with van der Waals surface area (Å²) in [7, 11) is 0. The Kier molecular flexibility index (Phi) is 3.52. The second kappa shape index (κ2) is 4.49. The molecule has 1 atom stereocenters. The molecule has 3 N–H and O–H groups in total. The molecular weight excluding hydrogens is 190 g/mol. The van der Waals surface area contributed by atoms with E-state index in [2.05, 4.69) is 5.43 Å². The highest BCUT2D eigenvalue weighted by molar-refractivity contribution is 5.88. The van der Waals surface area contributed by atoms with E-state index in [9.17, 15) is 4.79 Å². The fourth-order valence-corrected chi connectivity index (χ4v) is 1.33. The van der Waals surface area contributed by atoms with Crippen LogP contribution >= 0.6 is 0 Å². The van der Waals surface area contributed by atoms with Gasteiger partial charge in [0.15, 0.2) is 0 Å². The first-order valence-corrected chi connectivity index (χ1v) is 5.15. The molecule has 1 amide bonds. The third-order valence-electron chi connectivity index (χ3n) is 2.51. The molecule has 0 aliphatic heterocycles. The first-order valence-electron chi connectivity index (χ1n) is 5.15. The molecule has 1 rings (SSSR count). The van der Waals surface area contributed by atoms with E-state index in [1.807, 2.05) is 39.8 Å². The highest BCUT2D eigenvalue weighted by Crippen LogP contribution is 2.05. The summed E-state index contributed by atoms with van der Waals surface area (Å²) in [4.78, 5) is 11.7. The van der Waals surface area contributed by atoms with E-state index in [1.165, 1.54) is 0 Å². The molecule has 4 heteroatoms. The summed E-state index contributed by atoms with van der Waals surface area (Å²) in [5.74, 6) is -0.00595. The Balaban J connectivity index is 2.75. The van der Waals surface area contributed by atoms with Crippen molar-refractivity contribution in [1.29, 1.82) is 0 Å². The monoisotopic (exact) mass is 209 g/mol. The molecule has 0 spiro atoms. The van der Waals surface area contributed by atoms with Crippen LogP contribution in [0.4, 0.5) is 0 Å². The van der Waals surface area contributed by atoms with Gasteiger partial charge in [0.1, 0.15) is 0 Å². The van der Waals surface area contributed by atoms with Gasteiger partial charge in [-0.15, -0.1) is 0 Å². The van der Waals surface area contributed by atoms with Gasteiger partial charge < -0.3 is 5.73 Å². The maximum Gasteiger partial charge on any atom is 0.255 e. The van der Waals surface area contributed by atoms with E-state index >= 15 is 0 Å². The minimum atomic E-state index is -0.466. The first kappa shape index (κ1) is 11.8. The molecule has 0 aliphatic carbocycles. The van der Waals surface area contributed by atoms with Crippen molar-refractivity contribution >= 4 is 5.91 Å². The van der Waals surface area contributed by atoms with Crippen LogP contribution in [0.1, 0.15) is 25.2 Å². The molecule has 0 saturated carbocycles. The summed E-state index contributed by atoms with van der Waals surface area (Å²) in [5, 5.41) is 0. The predicted octanol–water partition coefficient (Wildman–Crippen LogP) is 1.16. The molecule has 0 saturated heterocycles. The van der Waals surface area contributed by atoms with Crippen LogP contribution in [0.15, 0.2) is 12.1 Å². The second-order valence-corrected chi connectivity index (χ2v) is 4.20. The molecular formula is C11H19N3O. The lowest BCUT2D eigenvalue weighted by Crippen LogP contribution is -2.43. The molecule has 4 nitrogen and oxygen atoms in total. The van der Waals surface area contributed by atoms with Crippen LogP contribution in [0.3, 0.4) is 0 Å². The number of aryl methyl sites for hydroxylation is 2. The highest BCUT2D eigenvalue weighted by atomic mass is 16.2. The van der Waals surface area contributed by atoms with Crippen LogP contribution in [0, 0.1) is 19.8 Å². The van der Waals surface area contributed by atoms with Crippen LogP contribution in [-0.4, -0.2) is 16.6 Å². The number of nitrogens with one attached hydrogen (secondary N) is 1. The van der Waals surface area contributed by atoms with Gasteiger partial charge in [0, 0.05) is 11.4 Å². The normalized spacial score (nSPS) is 12.9. The first-order chi connectivity index (χ1) is 6.93. The van der Waals surface area contributed by atoms with Crippen molar-refractivity contribution in [3.05, 3.63) is 23.5 Å². The van der Waals surface area contributed by atoms with Crippen LogP contribution in [0.25, 0.3) is 0 Å². The van der Waals surface area contributed by atoms with Gasteiger partial charge in [-0.2, -0.15) is 0 Å². The summed E-state index contributed by atoms with van der Waals surface area (Å²) in [5.41, 5.74) is 10.5. The molecule has 0 aliphatic rings. The third kappa shape index (κ3) is 2.59. The van der Waals surface area contributed by atoms with Crippen LogP contribution in [-0.2, 0) is 4.79 Å². The smallest absolute Gasteiger partial charge is 0.255 e. The molecule has 1 aromatic rings. The standard InChI is InChI=1S/C11H19N3O/c1-7(2)10(12)11(15)13-14-8(3)5-6-9(14)4/h5-7,10H,12H2,1-4H3,(H,13,15). The number of carbonyl (C=O) groups is 1. The lowest BCUT2D eigenvalue weighted by molar-refractivity contribution is -0.119. The number of amides is 1. The lowest BCUT2D eigenvalue weighted by atomic mass is 10.1. The average molecular weight is 209 g/mol. The average Bonchev–Trinajstić information content (AvgIpc) is 2.47. The lowest BCUT2D eigenvalue weighted by Gasteiger charge is -2.17. The Morgan fingerprint density at radius 3 is 2.20 bits per heavy atom. The fraction of sp³-hybridized carbons (Fsp3) is 0.545. The van der Waals surface area contributed by atoms with Crippen molar-refractivity contribution in [1.82, 2.24) is 4.68 Å². The summed E-state index contributed by atoms with van der Waals surface area (Å²) in [6.07, 6.45) is 0. The number of nitrogens with two attached hydrogens (primary N) is 1. The minimum absolute atomic E-state index is 0.140. The zero-order valence-electron chi connectivity index (χ0n) is 9.74. The Labute approximate surface area is 90.4 Å². The van der Waals surface area contributed by atoms with E-state index in [1.54, 1.807) is 4.68 Å².